The number of carbonyl (C=O) groups is 1. The van der Waals surface area contributed by atoms with Crippen LogP contribution < -0.4 is 5.32 Å². The Balaban J connectivity index is 1.83. The fourth-order valence-corrected chi connectivity index (χ4v) is 3.25. The molecule has 1 heterocycles. The molecule has 0 atom stereocenters. The second kappa shape index (κ2) is 7.89. The van der Waals surface area contributed by atoms with Gasteiger partial charge in [-0.2, -0.15) is 0 Å². The van der Waals surface area contributed by atoms with Gasteiger partial charge in [0.15, 0.2) is 5.82 Å². The van der Waals surface area contributed by atoms with E-state index in [1.54, 1.807) is 4.68 Å². The van der Waals surface area contributed by atoms with Crippen molar-refractivity contribution in [2.24, 2.45) is 0 Å². The SMILES string of the molecule is Cc1cccc(-c2nc(C(=O)Nc3ccccc3)nn2-c2cccc(Cl)c2C)c1. The van der Waals surface area contributed by atoms with Gasteiger partial charge in [0.2, 0.25) is 5.82 Å². The predicted molar refractivity (Wildman–Crippen MR) is 116 cm³/mol. The molecular formula is C23H19ClN4O. The molecule has 4 aromatic rings. The van der Waals surface area contributed by atoms with Crippen molar-refractivity contribution in [1.29, 1.82) is 0 Å². The summed E-state index contributed by atoms with van der Waals surface area (Å²) in [7, 11) is 0. The van der Waals surface area contributed by atoms with Crippen molar-refractivity contribution in [2.45, 2.75) is 13.8 Å². The van der Waals surface area contributed by atoms with Crippen LogP contribution in [0.3, 0.4) is 0 Å². The number of carbonyl (C=O) groups excluding carboxylic acids is 1. The first-order valence-electron chi connectivity index (χ1n) is 9.19. The lowest BCUT2D eigenvalue weighted by Gasteiger charge is -2.10. The summed E-state index contributed by atoms with van der Waals surface area (Å²) in [5.41, 5.74) is 4.29. The van der Waals surface area contributed by atoms with Crippen LogP contribution in [-0.2, 0) is 0 Å². The molecule has 3 aromatic carbocycles. The first kappa shape index (κ1) is 18.9. The first-order chi connectivity index (χ1) is 14.0. The fourth-order valence-electron chi connectivity index (χ4n) is 3.08. The van der Waals surface area contributed by atoms with Crippen LogP contribution in [-0.4, -0.2) is 20.7 Å². The molecule has 0 bridgehead atoms. The third kappa shape index (κ3) is 3.91. The van der Waals surface area contributed by atoms with Crippen molar-refractivity contribution in [3.8, 4) is 17.1 Å². The Labute approximate surface area is 174 Å². The van der Waals surface area contributed by atoms with E-state index in [4.69, 9.17) is 11.6 Å². The molecule has 0 saturated heterocycles. The smallest absolute Gasteiger partial charge is 0.295 e. The average Bonchev–Trinajstić information content (AvgIpc) is 3.16. The zero-order valence-corrected chi connectivity index (χ0v) is 16.8. The Morgan fingerprint density at radius 3 is 2.48 bits per heavy atom. The maximum atomic E-state index is 12.8. The number of benzene rings is 3. The zero-order valence-electron chi connectivity index (χ0n) is 16.1. The maximum absolute atomic E-state index is 12.8. The Morgan fingerprint density at radius 1 is 0.966 bits per heavy atom. The summed E-state index contributed by atoms with van der Waals surface area (Å²) in [6.07, 6.45) is 0. The van der Waals surface area contributed by atoms with E-state index in [0.717, 1.165) is 22.4 Å². The summed E-state index contributed by atoms with van der Waals surface area (Å²) in [6.45, 7) is 3.93. The van der Waals surface area contributed by atoms with Gasteiger partial charge in [0.05, 0.1) is 5.69 Å². The van der Waals surface area contributed by atoms with Gasteiger partial charge in [0, 0.05) is 16.3 Å². The number of aryl methyl sites for hydroxylation is 1. The van der Waals surface area contributed by atoms with E-state index in [0.29, 0.717) is 16.5 Å². The van der Waals surface area contributed by atoms with E-state index in [1.807, 2.05) is 86.6 Å². The highest BCUT2D eigenvalue weighted by atomic mass is 35.5. The zero-order chi connectivity index (χ0) is 20.4. The lowest BCUT2D eigenvalue weighted by molar-refractivity contribution is 0.101. The molecule has 0 saturated carbocycles. The highest BCUT2D eigenvalue weighted by Gasteiger charge is 2.20. The number of para-hydroxylation sites is 1. The van der Waals surface area contributed by atoms with Crippen molar-refractivity contribution >= 4 is 23.2 Å². The topological polar surface area (TPSA) is 59.8 Å². The van der Waals surface area contributed by atoms with Gasteiger partial charge < -0.3 is 5.32 Å². The van der Waals surface area contributed by atoms with Crippen molar-refractivity contribution < 1.29 is 4.79 Å². The molecule has 144 valence electrons. The van der Waals surface area contributed by atoms with Crippen LogP contribution in [0.25, 0.3) is 17.1 Å². The number of hydrogen-bond acceptors (Lipinski definition) is 3. The van der Waals surface area contributed by atoms with Crippen LogP contribution in [0.2, 0.25) is 5.02 Å². The largest absolute Gasteiger partial charge is 0.319 e. The summed E-state index contributed by atoms with van der Waals surface area (Å²) in [4.78, 5) is 17.3. The number of rotatable bonds is 4. The second-order valence-electron chi connectivity index (χ2n) is 6.74. The lowest BCUT2D eigenvalue weighted by atomic mass is 10.1. The number of amides is 1. The molecule has 4 rings (SSSR count). The highest BCUT2D eigenvalue weighted by Crippen LogP contribution is 2.27. The van der Waals surface area contributed by atoms with Gasteiger partial charge in [-0.3, -0.25) is 4.79 Å². The molecule has 1 aromatic heterocycles. The number of anilines is 1. The summed E-state index contributed by atoms with van der Waals surface area (Å²) in [5, 5.41) is 7.98. The minimum absolute atomic E-state index is 0.0877. The molecule has 1 N–H and O–H groups in total. The first-order valence-corrected chi connectivity index (χ1v) is 9.57. The molecule has 6 heteroatoms. The number of aromatic nitrogens is 3. The average molecular weight is 403 g/mol. The second-order valence-corrected chi connectivity index (χ2v) is 7.15. The van der Waals surface area contributed by atoms with Gasteiger partial charge in [-0.15, -0.1) is 5.10 Å². The molecule has 0 radical (unpaired) electrons. The van der Waals surface area contributed by atoms with E-state index in [9.17, 15) is 4.79 Å². The number of nitrogens with one attached hydrogen (secondary N) is 1. The summed E-state index contributed by atoms with van der Waals surface area (Å²) in [5.74, 6) is 0.297. The van der Waals surface area contributed by atoms with Gasteiger partial charge in [-0.05, 0) is 49.7 Å². The molecule has 0 aliphatic rings. The Morgan fingerprint density at radius 2 is 1.72 bits per heavy atom. The normalized spacial score (nSPS) is 10.7. The van der Waals surface area contributed by atoms with Gasteiger partial charge >= 0.3 is 0 Å². The summed E-state index contributed by atoms with van der Waals surface area (Å²) >= 11 is 6.32. The minimum Gasteiger partial charge on any atom is -0.319 e. The molecule has 0 aliphatic carbocycles. The van der Waals surface area contributed by atoms with Crippen LogP contribution in [0.5, 0.6) is 0 Å². The van der Waals surface area contributed by atoms with Crippen LogP contribution >= 0.6 is 11.6 Å². The molecule has 29 heavy (non-hydrogen) atoms. The number of nitrogens with zero attached hydrogens (tertiary/aromatic N) is 3. The Kier molecular flexibility index (Phi) is 5.14. The Bertz CT molecular complexity index is 1180. The van der Waals surface area contributed by atoms with Crippen molar-refractivity contribution in [3.63, 3.8) is 0 Å². The van der Waals surface area contributed by atoms with E-state index >= 15 is 0 Å². The molecule has 0 spiro atoms. The predicted octanol–water partition coefficient (Wildman–Crippen LogP) is 5.46. The minimum atomic E-state index is -0.372. The van der Waals surface area contributed by atoms with Gasteiger partial charge in [0.1, 0.15) is 0 Å². The fraction of sp³-hybridized carbons (Fsp3) is 0.0870. The quantitative estimate of drug-likeness (QED) is 0.493. The highest BCUT2D eigenvalue weighted by molar-refractivity contribution is 6.31. The van der Waals surface area contributed by atoms with Gasteiger partial charge in [-0.25, -0.2) is 9.67 Å². The van der Waals surface area contributed by atoms with Crippen LogP contribution in [0.1, 0.15) is 21.7 Å². The van der Waals surface area contributed by atoms with E-state index in [-0.39, 0.29) is 11.7 Å². The standard InChI is InChI=1S/C23H19ClN4O/c1-15-8-6-9-17(14-15)22-26-21(23(29)25-18-10-4-3-5-11-18)27-28(22)20-13-7-12-19(24)16(20)2/h3-14H,1-2H3,(H,25,29). The van der Waals surface area contributed by atoms with E-state index in [2.05, 4.69) is 15.4 Å². The lowest BCUT2D eigenvalue weighted by Crippen LogP contribution is -2.14. The molecule has 1 amide bonds. The summed E-state index contributed by atoms with van der Waals surface area (Å²) < 4.78 is 1.68. The maximum Gasteiger partial charge on any atom is 0.295 e. The molecular weight excluding hydrogens is 384 g/mol. The summed E-state index contributed by atoms with van der Waals surface area (Å²) in [6, 6.07) is 22.8. The van der Waals surface area contributed by atoms with Gasteiger partial charge in [0.25, 0.3) is 5.91 Å². The third-order valence-corrected chi connectivity index (χ3v) is 4.99. The molecule has 0 unspecified atom stereocenters. The van der Waals surface area contributed by atoms with Crippen LogP contribution in [0, 0.1) is 13.8 Å². The van der Waals surface area contributed by atoms with Crippen molar-refractivity contribution in [2.75, 3.05) is 5.32 Å². The van der Waals surface area contributed by atoms with E-state index in [1.165, 1.54) is 0 Å². The molecule has 0 aliphatic heterocycles. The van der Waals surface area contributed by atoms with Crippen LogP contribution in [0.15, 0.2) is 72.8 Å². The van der Waals surface area contributed by atoms with E-state index < -0.39 is 0 Å². The van der Waals surface area contributed by atoms with Crippen LogP contribution in [0.4, 0.5) is 5.69 Å². The van der Waals surface area contributed by atoms with Crippen molar-refractivity contribution in [3.05, 3.63) is 94.8 Å². The Hall–Kier alpha value is -3.44. The monoisotopic (exact) mass is 402 g/mol. The third-order valence-electron chi connectivity index (χ3n) is 4.59. The number of halogens is 1. The van der Waals surface area contributed by atoms with Gasteiger partial charge in [-0.1, -0.05) is 59.6 Å². The molecule has 0 fully saturated rings. The van der Waals surface area contributed by atoms with Crippen molar-refractivity contribution in [1.82, 2.24) is 14.8 Å². The number of hydrogen-bond donors (Lipinski definition) is 1. The molecule has 5 nitrogen and oxygen atoms in total.